The number of nitrogens with zero attached hydrogens (tertiary/aromatic N) is 2. The van der Waals surface area contributed by atoms with E-state index in [9.17, 15) is 4.79 Å². The molecule has 0 radical (unpaired) electrons. The Morgan fingerprint density at radius 3 is 2.58 bits per heavy atom. The maximum atomic E-state index is 12.4. The van der Waals surface area contributed by atoms with Crippen molar-refractivity contribution in [3.8, 4) is 6.07 Å². The molecule has 1 heterocycles. The van der Waals surface area contributed by atoms with Crippen LogP contribution in [0.25, 0.3) is 0 Å². The second-order valence-corrected chi connectivity index (χ2v) is 5.85. The topological polar surface area (TPSA) is 56.1 Å². The van der Waals surface area contributed by atoms with Gasteiger partial charge in [-0.05, 0) is 36.6 Å². The van der Waals surface area contributed by atoms with Crippen LogP contribution in [0, 0.1) is 16.7 Å². The van der Waals surface area contributed by atoms with E-state index in [1.807, 2.05) is 24.0 Å². The average molecular weight is 257 g/mol. The van der Waals surface area contributed by atoms with Crippen LogP contribution in [0.2, 0.25) is 0 Å². The van der Waals surface area contributed by atoms with Gasteiger partial charge < -0.3 is 10.2 Å². The fourth-order valence-corrected chi connectivity index (χ4v) is 2.25. The smallest absolute Gasteiger partial charge is 0.243 e. The van der Waals surface area contributed by atoms with Crippen LogP contribution in [0.3, 0.4) is 0 Å². The molecule has 1 fully saturated rings. The molecule has 100 valence electrons. The van der Waals surface area contributed by atoms with E-state index in [-0.39, 0.29) is 17.4 Å². The van der Waals surface area contributed by atoms with Gasteiger partial charge in [0.25, 0.3) is 0 Å². The minimum absolute atomic E-state index is 0.0221. The van der Waals surface area contributed by atoms with Crippen LogP contribution in [-0.4, -0.2) is 25.0 Å². The molecule has 1 aromatic rings. The van der Waals surface area contributed by atoms with Gasteiger partial charge in [0.2, 0.25) is 5.91 Å². The second-order valence-electron chi connectivity index (χ2n) is 5.85. The Morgan fingerprint density at radius 1 is 1.37 bits per heavy atom. The van der Waals surface area contributed by atoms with Gasteiger partial charge in [-0.25, -0.2) is 0 Å². The minimum atomic E-state index is -0.183. The van der Waals surface area contributed by atoms with E-state index in [1.165, 1.54) is 0 Å². The van der Waals surface area contributed by atoms with Gasteiger partial charge in [0.1, 0.15) is 0 Å². The Morgan fingerprint density at radius 2 is 2.00 bits per heavy atom. The van der Waals surface area contributed by atoms with Crippen LogP contribution in [-0.2, 0) is 4.79 Å². The Bertz CT molecular complexity index is 513. The summed E-state index contributed by atoms with van der Waals surface area (Å²) in [7, 11) is 0. The number of carbonyl (C=O) groups excluding carboxylic acids is 1. The summed E-state index contributed by atoms with van der Waals surface area (Å²) in [5, 5.41) is 12.1. The number of hydrogen-bond donors (Lipinski definition) is 1. The molecule has 1 N–H and O–H groups in total. The van der Waals surface area contributed by atoms with E-state index in [2.05, 4.69) is 25.2 Å². The van der Waals surface area contributed by atoms with Crippen LogP contribution in [0.4, 0.5) is 5.69 Å². The molecule has 1 aliphatic heterocycles. The van der Waals surface area contributed by atoms with Crippen LogP contribution in [0.1, 0.15) is 26.3 Å². The molecule has 1 aliphatic rings. The first kappa shape index (κ1) is 13.6. The lowest BCUT2D eigenvalue weighted by atomic mass is 9.93. The van der Waals surface area contributed by atoms with Crippen LogP contribution in [0.5, 0.6) is 0 Å². The quantitative estimate of drug-likeness (QED) is 0.836. The van der Waals surface area contributed by atoms with Crippen LogP contribution >= 0.6 is 0 Å². The lowest BCUT2D eigenvalue weighted by Gasteiger charge is -2.29. The van der Waals surface area contributed by atoms with Gasteiger partial charge in [-0.15, -0.1) is 0 Å². The van der Waals surface area contributed by atoms with Crippen molar-refractivity contribution in [3.05, 3.63) is 29.8 Å². The summed E-state index contributed by atoms with van der Waals surface area (Å²) >= 11 is 0. The Hall–Kier alpha value is -1.86. The van der Waals surface area contributed by atoms with E-state index in [1.54, 1.807) is 12.1 Å². The van der Waals surface area contributed by atoms with Crippen molar-refractivity contribution < 1.29 is 4.79 Å². The Balaban J connectivity index is 2.33. The average Bonchev–Trinajstić information content (AvgIpc) is 2.51. The zero-order valence-corrected chi connectivity index (χ0v) is 11.6. The molecule has 1 aromatic carbocycles. The summed E-state index contributed by atoms with van der Waals surface area (Å²) in [5.41, 5.74) is 1.48. The van der Waals surface area contributed by atoms with E-state index < -0.39 is 0 Å². The monoisotopic (exact) mass is 257 g/mol. The first-order valence-electron chi connectivity index (χ1n) is 6.48. The van der Waals surface area contributed by atoms with Crippen molar-refractivity contribution in [2.45, 2.75) is 26.8 Å². The molecule has 1 unspecified atom stereocenters. The lowest BCUT2D eigenvalue weighted by Crippen LogP contribution is -2.42. The Labute approximate surface area is 114 Å². The number of amides is 1. The van der Waals surface area contributed by atoms with Crippen molar-refractivity contribution in [2.24, 2.45) is 5.41 Å². The number of nitrogens with one attached hydrogen (secondary N) is 1. The van der Waals surface area contributed by atoms with Gasteiger partial charge >= 0.3 is 0 Å². The van der Waals surface area contributed by atoms with Crippen molar-refractivity contribution in [2.75, 3.05) is 18.0 Å². The van der Waals surface area contributed by atoms with Crippen molar-refractivity contribution in [1.82, 2.24) is 5.32 Å². The number of hydrogen-bond acceptors (Lipinski definition) is 3. The number of carbonyl (C=O) groups is 1. The maximum Gasteiger partial charge on any atom is 0.243 e. The first-order valence-corrected chi connectivity index (χ1v) is 6.48. The predicted octanol–water partition coefficient (Wildman–Crippen LogP) is 1.91. The molecule has 0 aliphatic carbocycles. The highest BCUT2D eigenvalue weighted by molar-refractivity contribution is 5.97. The van der Waals surface area contributed by atoms with Gasteiger partial charge in [-0.3, -0.25) is 4.79 Å². The van der Waals surface area contributed by atoms with Gasteiger partial charge in [-0.2, -0.15) is 5.26 Å². The van der Waals surface area contributed by atoms with E-state index in [0.29, 0.717) is 12.1 Å². The van der Waals surface area contributed by atoms with Crippen molar-refractivity contribution >= 4 is 11.6 Å². The zero-order chi connectivity index (χ0) is 14.0. The number of anilines is 1. The number of nitriles is 1. The summed E-state index contributed by atoms with van der Waals surface area (Å²) < 4.78 is 0. The van der Waals surface area contributed by atoms with Gasteiger partial charge in [0.15, 0.2) is 0 Å². The SMILES string of the molecule is CC1NCC(C)(C)CN(c2ccc(C#N)cc2)C1=O. The standard InChI is InChI=1S/C15H19N3O/c1-11-14(19)18(10-15(2,3)9-17-11)13-6-4-12(8-16)5-7-13/h4-7,11,17H,9-10H2,1-3H3. The zero-order valence-electron chi connectivity index (χ0n) is 11.6. The highest BCUT2D eigenvalue weighted by atomic mass is 16.2. The molecular formula is C15H19N3O. The Kier molecular flexibility index (Phi) is 3.59. The van der Waals surface area contributed by atoms with Gasteiger partial charge in [-0.1, -0.05) is 13.8 Å². The van der Waals surface area contributed by atoms with Gasteiger partial charge in [0.05, 0.1) is 17.7 Å². The lowest BCUT2D eigenvalue weighted by molar-refractivity contribution is -0.119. The third-order valence-electron chi connectivity index (χ3n) is 3.42. The first-order chi connectivity index (χ1) is 8.93. The third-order valence-corrected chi connectivity index (χ3v) is 3.42. The largest absolute Gasteiger partial charge is 0.310 e. The molecular weight excluding hydrogens is 238 g/mol. The predicted molar refractivity (Wildman–Crippen MR) is 74.8 cm³/mol. The molecule has 4 heteroatoms. The third kappa shape index (κ3) is 2.94. The highest BCUT2D eigenvalue weighted by Gasteiger charge is 2.32. The summed E-state index contributed by atoms with van der Waals surface area (Å²) in [6, 6.07) is 9.08. The van der Waals surface area contributed by atoms with E-state index in [4.69, 9.17) is 5.26 Å². The molecule has 0 saturated carbocycles. The molecule has 2 rings (SSSR count). The van der Waals surface area contributed by atoms with E-state index >= 15 is 0 Å². The second kappa shape index (κ2) is 5.02. The molecule has 1 atom stereocenters. The van der Waals surface area contributed by atoms with Crippen molar-refractivity contribution in [3.63, 3.8) is 0 Å². The molecule has 4 nitrogen and oxygen atoms in total. The molecule has 1 amide bonds. The maximum absolute atomic E-state index is 12.4. The number of benzene rings is 1. The fraction of sp³-hybridized carbons (Fsp3) is 0.467. The molecule has 0 bridgehead atoms. The minimum Gasteiger partial charge on any atom is -0.310 e. The van der Waals surface area contributed by atoms with Crippen LogP contribution in [0.15, 0.2) is 24.3 Å². The summed E-state index contributed by atoms with van der Waals surface area (Å²) in [5.74, 6) is 0.0790. The molecule has 0 spiro atoms. The number of rotatable bonds is 1. The van der Waals surface area contributed by atoms with Crippen LogP contribution < -0.4 is 10.2 Å². The summed E-state index contributed by atoms with van der Waals surface area (Å²) in [6.07, 6.45) is 0. The highest BCUT2D eigenvalue weighted by Crippen LogP contribution is 2.25. The molecule has 19 heavy (non-hydrogen) atoms. The normalized spacial score (nSPS) is 22.7. The summed E-state index contributed by atoms with van der Waals surface area (Å²) in [4.78, 5) is 14.2. The molecule has 0 aromatic heterocycles. The summed E-state index contributed by atoms with van der Waals surface area (Å²) in [6.45, 7) is 7.66. The van der Waals surface area contributed by atoms with E-state index in [0.717, 1.165) is 12.2 Å². The fourth-order valence-electron chi connectivity index (χ4n) is 2.25. The van der Waals surface area contributed by atoms with Crippen molar-refractivity contribution in [1.29, 1.82) is 5.26 Å². The molecule has 1 saturated heterocycles. The van der Waals surface area contributed by atoms with Gasteiger partial charge in [0, 0.05) is 18.8 Å².